The zero-order valence-electron chi connectivity index (χ0n) is 13.1. The van der Waals surface area contributed by atoms with Crippen LogP contribution in [0.15, 0.2) is 48.1 Å². The van der Waals surface area contributed by atoms with Gasteiger partial charge in [-0.3, -0.25) is 9.59 Å². The molecule has 0 saturated carbocycles. The van der Waals surface area contributed by atoms with Gasteiger partial charge < -0.3 is 10.2 Å². The van der Waals surface area contributed by atoms with Crippen molar-refractivity contribution >= 4 is 28.8 Å². The minimum Gasteiger partial charge on any atom is -0.336 e. The Labute approximate surface area is 147 Å². The van der Waals surface area contributed by atoms with Crippen molar-refractivity contribution in [2.75, 3.05) is 18.4 Å². The van der Waals surface area contributed by atoms with Gasteiger partial charge in [-0.25, -0.2) is 4.68 Å². The van der Waals surface area contributed by atoms with Gasteiger partial charge in [-0.05, 0) is 46.1 Å². The number of tetrazole rings is 1. The maximum Gasteiger partial charge on any atom is 0.263 e. The monoisotopic (exact) mass is 354 g/mol. The number of nitrogens with one attached hydrogen (secondary N) is 1. The van der Waals surface area contributed by atoms with E-state index in [0.717, 1.165) is 5.69 Å². The number of likely N-dealkylation sites (tertiary alicyclic amines) is 1. The van der Waals surface area contributed by atoms with Crippen LogP contribution in [-0.2, 0) is 4.79 Å². The Kier molecular flexibility index (Phi) is 3.98. The Bertz CT molecular complexity index is 870. The van der Waals surface area contributed by atoms with E-state index in [1.165, 1.54) is 22.3 Å². The first-order valence-corrected chi connectivity index (χ1v) is 8.56. The molecule has 3 aromatic rings. The summed E-state index contributed by atoms with van der Waals surface area (Å²) in [5, 5.41) is 15.7. The second-order valence-electron chi connectivity index (χ2n) is 5.67. The number of benzene rings is 1. The van der Waals surface area contributed by atoms with Gasteiger partial charge in [-0.15, -0.1) is 16.4 Å². The van der Waals surface area contributed by atoms with Gasteiger partial charge in [0.15, 0.2) is 0 Å². The predicted octanol–water partition coefficient (Wildman–Crippen LogP) is 1.43. The van der Waals surface area contributed by atoms with E-state index in [1.54, 1.807) is 23.1 Å². The van der Waals surface area contributed by atoms with Gasteiger partial charge in [0.25, 0.3) is 5.91 Å². The molecule has 1 aromatic carbocycles. The molecule has 1 saturated heterocycles. The van der Waals surface area contributed by atoms with Crippen molar-refractivity contribution in [2.24, 2.45) is 5.92 Å². The number of carbonyl (C=O) groups is 2. The molecule has 8 nitrogen and oxygen atoms in total. The van der Waals surface area contributed by atoms with E-state index in [1.807, 2.05) is 23.6 Å². The molecule has 0 aliphatic carbocycles. The van der Waals surface area contributed by atoms with E-state index in [2.05, 4.69) is 20.8 Å². The maximum atomic E-state index is 12.3. The van der Waals surface area contributed by atoms with Gasteiger partial charge in [-0.2, -0.15) is 0 Å². The van der Waals surface area contributed by atoms with E-state index < -0.39 is 0 Å². The minimum absolute atomic E-state index is 0.00940. The Morgan fingerprint density at radius 2 is 1.96 bits per heavy atom. The van der Waals surface area contributed by atoms with Crippen LogP contribution in [0, 0.1) is 5.92 Å². The maximum absolute atomic E-state index is 12.3. The minimum atomic E-state index is -0.178. The molecule has 4 rings (SSSR count). The number of rotatable bonds is 4. The van der Waals surface area contributed by atoms with Crippen LogP contribution in [0.5, 0.6) is 0 Å². The van der Waals surface area contributed by atoms with Crippen molar-refractivity contribution < 1.29 is 9.59 Å². The largest absolute Gasteiger partial charge is 0.336 e. The van der Waals surface area contributed by atoms with Gasteiger partial charge in [0.05, 0.1) is 16.5 Å². The van der Waals surface area contributed by atoms with Crippen LogP contribution < -0.4 is 5.32 Å². The molecule has 2 amide bonds. The molecule has 9 heteroatoms. The molecule has 126 valence electrons. The fraction of sp³-hybridized carbons (Fsp3) is 0.188. The third kappa shape index (κ3) is 3.13. The number of hydrogen-bond acceptors (Lipinski definition) is 6. The Balaban J connectivity index is 1.32. The zero-order chi connectivity index (χ0) is 17.2. The first-order chi connectivity index (χ1) is 12.2. The predicted molar refractivity (Wildman–Crippen MR) is 91.5 cm³/mol. The molecule has 1 aliphatic rings. The lowest BCUT2D eigenvalue weighted by Crippen LogP contribution is -2.54. The van der Waals surface area contributed by atoms with Gasteiger partial charge in [0, 0.05) is 18.8 Å². The molecule has 25 heavy (non-hydrogen) atoms. The summed E-state index contributed by atoms with van der Waals surface area (Å²) >= 11 is 1.41. The van der Waals surface area contributed by atoms with Crippen LogP contribution in [0.4, 0.5) is 5.69 Å². The van der Waals surface area contributed by atoms with Crippen LogP contribution >= 0.6 is 11.3 Å². The fourth-order valence-electron chi connectivity index (χ4n) is 2.59. The fourth-order valence-corrected chi connectivity index (χ4v) is 3.28. The highest BCUT2D eigenvalue weighted by atomic mass is 32.1. The summed E-state index contributed by atoms with van der Waals surface area (Å²) in [4.78, 5) is 26.8. The van der Waals surface area contributed by atoms with Gasteiger partial charge in [0.1, 0.15) is 6.33 Å². The smallest absolute Gasteiger partial charge is 0.263 e. The highest BCUT2D eigenvalue weighted by Gasteiger charge is 2.36. The molecule has 1 aliphatic heterocycles. The van der Waals surface area contributed by atoms with Crippen molar-refractivity contribution in [3.63, 3.8) is 0 Å². The molecule has 2 aromatic heterocycles. The molecule has 0 bridgehead atoms. The van der Waals surface area contributed by atoms with Crippen molar-refractivity contribution in [1.82, 2.24) is 25.1 Å². The number of nitrogens with zero attached hydrogens (tertiary/aromatic N) is 5. The first-order valence-electron chi connectivity index (χ1n) is 7.68. The second-order valence-corrected chi connectivity index (χ2v) is 6.62. The summed E-state index contributed by atoms with van der Waals surface area (Å²) in [6, 6.07) is 10.9. The van der Waals surface area contributed by atoms with E-state index in [9.17, 15) is 9.59 Å². The SMILES string of the molecule is O=C(Nc1ccc(-n2cnnn2)cc1)C1CN(C(=O)c2cccs2)C1. The molecule has 1 N–H and O–H groups in total. The van der Waals surface area contributed by atoms with Gasteiger partial charge in [-0.1, -0.05) is 6.07 Å². The quantitative estimate of drug-likeness (QED) is 0.765. The van der Waals surface area contributed by atoms with Crippen LogP contribution in [0.3, 0.4) is 0 Å². The average Bonchev–Trinajstić information content (AvgIpc) is 3.28. The van der Waals surface area contributed by atoms with Crippen LogP contribution in [-0.4, -0.2) is 50.0 Å². The van der Waals surface area contributed by atoms with Gasteiger partial charge >= 0.3 is 0 Å². The lowest BCUT2D eigenvalue weighted by molar-refractivity contribution is -0.123. The number of anilines is 1. The number of carbonyl (C=O) groups excluding carboxylic acids is 2. The Hall–Kier alpha value is -3.07. The van der Waals surface area contributed by atoms with Gasteiger partial charge in [0.2, 0.25) is 5.91 Å². The van der Waals surface area contributed by atoms with Crippen LogP contribution in [0.25, 0.3) is 5.69 Å². The molecular weight excluding hydrogens is 340 g/mol. The number of amides is 2. The normalized spacial score (nSPS) is 14.2. The van der Waals surface area contributed by atoms with E-state index in [4.69, 9.17) is 0 Å². The van der Waals surface area contributed by atoms with E-state index in [0.29, 0.717) is 23.7 Å². The zero-order valence-corrected chi connectivity index (χ0v) is 13.9. The highest BCUT2D eigenvalue weighted by Crippen LogP contribution is 2.22. The molecule has 0 unspecified atom stereocenters. The number of thiophene rings is 1. The van der Waals surface area contributed by atoms with E-state index >= 15 is 0 Å². The summed E-state index contributed by atoms with van der Waals surface area (Å²) in [7, 11) is 0. The summed E-state index contributed by atoms with van der Waals surface area (Å²) in [5.41, 5.74) is 1.50. The van der Waals surface area contributed by atoms with Crippen molar-refractivity contribution in [2.45, 2.75) is 0 Å². The average molecular weight is 354 g/mol. The Morgan fingerprint density at radius 1 is 1.16 bits per heavy atom. The summed E-state index contributed by atoms with van der Waals surface area (Å²) in [6.07, 6.45) is 1.50. The number of hydrogen-bond donors (Lipinski definition) is 1. The lowest BCUT2D eigenvalue weighted by Gasteiger charge is -2.37. The first kappa shape index (κ1) is 15.5. The molecular formula is C16H14N6O2S. The summed E-state index contributed by atoms with van der Waals surface area (Å²) in [6.45, 7) is 0.899. The van der Waals surface area contributed by atoms with Crippen LogP contribution in [0.1, 0.15) is 9.67 Å². The molecule has 3 heterocycles. The van der Waals surface area contributed by atoms with Crippen molar-refractivity contribution in [3.8, 4) is 5.69 Å². The van der Waals surface area contributed by atoms with Crippen molar-refractivity contribution in [3.05, 3.63) is 53.0 Å². The standard InChI is InChI=1S/C16H14N6O2S/c23-15(11-8-21(9-11)16(24)14-2-1-7-25-14)18-12-3-5-13(6-4-12)22-10-17-19-20-22/h1-7,10-11H,8-9H2,(H,18,23). The van der Waals surface area contributed by atoms with E-state index in [-0.39, 0.29) is 17.7 Å². The molecule has 1 fully saturated rings. The van der Waals surface area contributed by atoms with Crippen molar-refractivity contribution in [1.29, 1.82) is 0 Å². The summed E-state index contributed by atoms with van der Waals surface area (Å²) < 4.78 is 1.53. The Morgan fingerprint density at radius 3 is 2.60 bits per heavy atom. The number of aromatic nitrogens is 4. The summed E-state index contributed by atoms with van der Waals surface area (Å²) in [5.74, 6) is -0.265. The second kappa shape index (κ2) is 6.44. The third-order valence-corrected chi connectivity index (χ3v) is 4.88. The van der Waals surface area contributed by atoms with Crippen LogP contribution in [0.2, 0.25) is 0 Å². The molecule has 0 atom stereocenters. The molecule has 0 radical (unpaired) electrons. The highest BCUT2D eigenvalue weighted by molar-refractivity contribution is 7.12. The molecule has 0 spiro atoms. The topological polar surface area (TPSA) is 93.0 Å². The third-order valence-electron chi connectivity index (χ3n) is 4.02. The lowest BCUT2D eigenvalue weighted by atomic mass is 9.98.